The lowest BCUT2D eigenvalue weighted by Gasteiger charge is -2.09. The van der Waals surface area contributed by atoms with Crippen LogP contribution in [0.5, 0.6) is 0 Å². The van der Waals surface area contributed by atoms with Gasteiger partial charge in [0.1, 0.15) is 5.41 Å². The van der Waals surface area contributed by atoms with Crippen LogP contribution < -0.4 is 5.73 Å². The maximum atomic E-state index is 11.8. The first kappa shape index (κ1) is 15.7. The van der Waals surface area contributed by atoms with Crippen LogP contribution in [-0.4, -0.2) is 27.2 Å². The first-order valence-corrected chi connectivity index (χ1v) is 8.04. The zero-order valence-electron chi connectivity index (χ0n) is 13.6. The second-order valence-electron chi connectivity index (χ2n) is 6.54. The average Bonchev–Trinajstić information content (AvgIpc) is 3.06. The lowest BCUT2D eigenvalue weighted by Crippen LogP contribution is -2.23. The predicted molar refractivity (Wildman–Crippen MR) is 88.7 cm³/mol. The number of rotatable bonds is 6. The number of nitrogens with zero attached hydrogens (tertiary/aromatic N) is 2. The fraction of sp³-hybridized carbons (Fsp3) is 0.444. The molecule has 0 spiro atoms. The molecule has 1 heterocycles. The van der Waals surface area contributed by atoms with Gasteiger partial charge in [0, 0.05) is 11.9 Å². The van der Waals surface area contributed by atoms with Crippen LogP contribution in [0.2, 0.25) is 0 Å². The van der Waals surface area contributed by atoms with Crippen LogP contribution in [0.25, 0.3) is 5.69 Å². The molecule has 1 saturated carbocycles. The Bertz CT molecular complexity index is 738. The zero-order chi connectivity index (χ0) is 16.6. The Morgan fingerprint density at radius 1 is 1.43 bits per heavy atom. The Morgan fingerprint density at radius 2 is 2.22 bits per heavy atom. The van der Waals surface area contributed by atoms with Crippen LogP contribution in [0.15, 0.2) is 30.7 Å². The molecule has 5 heteroatoms. The van der Waals surface area contributed by atoms with Gasteiger partial charge in [-0.05, 0) is 68.8 Å². The molecule has 3 N–H and O–H groups in total. The summed E-state index contributed by atoms with van der Waals surface area (Å²) in [6.07, 6.45) is 5.94. The van der Waals surface area contributed by atoms with Crippen LogP contribution >= 0.6 is 0 Å². The molecule has 1 aliphatic rings. The molecule has 2 unspecified atom stereocenters. The summed E-state index contributed by atoms with van der Waals surface area (Å²) in [5, 5.41) is 9.71. The lowest BCUT2D eigenvalue weighted by molar-refractivity contribution is -0.140. The summed E-state index contributed by atoms with van der Waals surface area (Å²) in [6, 6.07) is 6.19. The number of carbonyl (C=O) groups is 1. The molecule has 0 amide bonds. The van der Waals surface area contributed by atoms with E-state index < -0.39 is 11.4 Å². The number of aryl methyl sites for hydroxylation is 2. The minimum atomic E-state index is -0.819. The second-order valence-corrected chi connectivity index (χ2v) is 6.54. The minimum Gasteiger partial charge on any atom is -0.481 e. The van der Waals surface area contributed by atoms with Crippen LogP contribution in [0.1, 0.15) is 36.1 Å². The number of carboxylic acid groups (broad SMARTS) is 1. The Morgan fingerprint density at radius 3 is 2.87 bits per heavy atom. The Kier molecular flexibility index (Phi) is 3.98. The van der Waals surface area contributed by atoms with E-state index in [0.29, 0.717) is 18.7 Å². The third-order valence-electron chi connectivity index (χ3n) is 5.07. The van der Waals surface area contributed by atoms with E-state index in [-0.39, 0.29) is 5.92 Å². The number of hydrogen-bond donors (Lipinski definition) is 2. The van der Waals surface area contributed by atoms with Gasteiger partial charge in [-0.25, -0.2) is 4.98 Å². The molecule has 122 valence electrons. The largest absolute Gasteiger partial charge is 0.481 e. The third kappa shape index (κ3) is 2.65. The number of imidazole rings is 1. The van der Waals surface area contributed by atoms with Crippen molar-refractivity contribution in [1.29, 1.82) is 0 Å². The fourth-order valence-corrected chi connectivity index (χ4v) is 3.31. The molecule has 2 aromatic rings. The van der Waals surface area contributed by atoms with Gasteiger partial charge in [0.15, 0.2) is 0 Å². The maximum absolute atomic E-state index is 11.8. The quantitative estimate of drug-likeness (QED) is 0.859. The highest BCUT2D eigenvalue weighted by atomic mass is 16.4. The topological polar surface area (TPSA) is 81.1 Å². The van der Waals surface area contributed by atoms with Crippen molar-refractivity contribution in [3.05, 3.63) is 47.5 Å². The average molecular weight is 313 g/mol. The SMILES string of the molecule is Cc1ccc(-n2cnc(C3(C(=O)O)CC3CCCN)c2)cc1C. The van der Waals surface area contributed by atoms with Gasteiger partial charge in [-0.2, -0.15) is 0 Å². The van der Waals surface area contributed by atoms with Crippen LogP contribution in [0.3, 0.4) is 0 Å². The summed E-state index contributed by atoms with van der Waals surface area (Å²) in [7, 11) is 0. The molecule has 1 fully saturated rings. The molecule has 0 aliphatic heterocycles. The van der Waals surface area contributed by atoms with Crippen LogP contribution in [0, 0.1) is 19.8 Å². The molecule has 0 saturated heterocycles. The minimum absolute atomic E-state index is 0.145. The number of nitrogens with two attached hydrogens (primary N) is 1. The van der Waals surface area contributed by atoms with Crippen molar-refractivity contribution >= 4 is 5.97 Å². The van der Waals surface area contributed by atoms with Crippen molar-refractivity contribution in [3.8, 4) is 5.69 Å². The lowest BCUT2D eigenvalue weighted by atomic mass is 9.98. The zero-order valence-corrected chi connectivity index (χ0v) is 13.6. The molecule has 3 rings (SSSR count). The maximum Gasteiger partial charge on any atom is 0.316 e. The molecule has 23 heavy (non-hydrogen) atoms. The molecule has 1 aliphatic carbocycles. The summed E-state index contributed by atoms with van der Waals surface area (Å²) in [6.45, 7) is 4.74. The van der Waals surface area contributed by atoms with Crippen LogP contribution in [0.4, 0.5) is 0 Å². The Balaban J connectivity index is 1.88. The second kappa shape index (κ2) is 5.81. The number of hydrogen-bond acceptors (Lipinski definition) is 3. The summed E-state index contributed by atoms with van der Waals surface area (Å²) in [4.78, 5) is 16.2. The molecule has 0 bridgehead atoms. The van der Waals surface area contributed by atoms with E-state index in [2.05, 4.69) is 31.0 Å². The summed E-state index contributed by atoms with van der Waals surface area (Å²) in [5.74, 6) is -0.628. The van der Waals surface area contributed by atoms with E-state index in [4.69, 9.17) is 5.73 Å². The van der Waals surface area contributed by atoms with Gasteiger partial charge in [-0.15, -0.1) is 0 Å². The van der Waals surface area contributed by atoms with Crippen molar-refractivity contribution in [2.45, 2.75) is 38.5 Å². The van der Waals surface area contributed by atoms with E-state index in [1.807, 2.05) is 16.8 Å². The normalized spacial score (nSPS) is 23.0. The van der Waals surface area contributed by atoms with Crippen molar-refractivity contribution in [3.63, 3.8) is 0 Å². The van der Waals surface area contributed by atoms with Gasteiger partial charge in [0.05, 0.1) is 12.0 Å². The Hall–Kier alpha value is -2.14. The monoisotopic (exact) mass is 313 g/mol. The number of benzene rings is 1. The van der Waals surface area contributed by atoms with Crippen LogP contribution in [-0.2, 0) is 10.2 Å². The highest BCUT2D eigenvalue weighted by Crippen LogP contribution is 2.56. The smallest absolute Gasteiger partial charge is 0.316 e. The van der Waals surface area contributed by atoms with Gasteiger partial charge < -0.3 is 15.4 Å². The predicted octanol–water partition coefficient (Wildman–Crippen LogP) is 2.57. The van der Waals surface area contributed by atoms with E-state index in [9.17, 15) is 9.90 Å². The number of aromatic nitrogens is 2. The van der Waals surface area contributed by atoms with Crippen molar-refractivity contribution in [1.82, 2.24) is 9.55 Å². The molecule has 5 nitrogen and oxygen atoms in total. The van der Waals surface area contributed by atoms with Crippen molar-refractivity contribution in [2.75, 3.05) is 6.54 Å². The van der Waals surface area contributed by atoms with E-state index in [1.54, 1.807) is 6.33 Å². The molecule has 1 aromatic carbocycles. The first-order valence-electron chi connectivity index (χ1n) is 8.04. The summed E-state index contributed by atoms with van der Waals surface area (Å²) in [5.41, 5.74) is 8.83. The number of carboxylic acids is 1. The summed E-state index contributed by atoms with van der Waals surface area (Å²) < 4.78 is 1.91. The molecular formula is C18H23N3O2. The van der Waals surface area contributed by atoms with Gasteiger partial charge >= 0.3 is 5.97 Å². The highest BCUT2D eigenvalue weighted by molar-refractivity contribution is 5.85. The number of aliphatic carboxylic acids is 1. The van der Waals surface area contributed by atoms with E-state index >= 15 is 0 Å². The van der Waals surface area contributed by atoms with Crippen molar-refractivity contribution < 1.29 is 9.90 Å². The van der Waals surface area contributed by atoms with E-state index in [1.165, 1.54) is 11.1 Å². The van der Waals surface area contributed by atoms with E-state index in [0.717, 1.165) is 18.5 Å². The fourth-order valence-electron chi connectivity index (χ4n) is 3.31. The van der Waals surface area contributed by atoms with Crippen molar-refractivity contribution in [2.24, 2.45) is 11.7 Å². The van der Waals surface area contributed by atoms with Gasteiger partial charge in [-0.1, -0.05) is 6.07 Å². The molecule has 2 atom stereocenters. The van der Waals surface area contributed by atoms with Gasteiger partial charge in [0.2, 0.25) is 0 Å². The van der Waals surface area contributed by atoms with Gasteiger partial charge in [0.25, 0.3) is 0 Å². The Labute approximate surface area is 136 Å². The first-order chi connectivity index (χ1) is 11.0. The molecular weight excluding hydrogens is 290 g/mol. The summed E-state index contributed by atoms with van der Waals surface area (Å²) >= 11 is 0. The van der Waals surface area contributed by atoms with Gasteiger partial charge in [-0.3, -0.25) is 4.79 Å². The molecule has 1 aromatic heterocycles. The third-order valence-corrected chi connectivity index (χ3v) is 5.07. The molecule has 0 radical (unpaired) electrons. The standard InChI is InChI=1S/C18H23N3O2/c1-12-5-6-15(8-13(12)2)21-10-16(20-11-21)18(17(22)23)9-14(18)4-3-7-19/h5-6,8,10-11,14H,3-4,7,9,19H2,1-2H3,(H,22,23). The highest BCUT2D eigenvalue weighted by Gasteiger charge is 2.62.